The van der Waals surface area contributed by atoms with Crippen molar-refractivity contribution in [3.05, 3.63) is 52.6 Å². The molecule has 0 amide bonds. The first-order valence-electron chi connectivity index (χ1n) is 5.35. The highest BCUT2D eigenvalue weighted by molar-refractivity contribution is 9.10. The molecule has 1 aromatic carbocycles. The first-order valence-corrected chi connectivity index (χ1v) is 6.15. The molecule has 0 unspecified atom stereocenters. The molecule has 0 aliphatic carbocycles. The fourth-order valence-corrected chi connectivity index (χ4v) is 2.05. The predicted octanol–water partition coefficient (Wildman–Crippen LogP) is 4.57. The van der Waals surface area contributed by atoms with E-state index in [4.69, 9.17) is 4.42 Å². The lowest BCUT2D eigenvalue weighted by Crippen LogP contribution is -1.77. The summed E-state index contributed by atoms with van der Waals surface area (Å²) >= 11 is 3.42. The van der Waals surface area contributed by atoms with Crippen molar-refractivity contribution in [1.82, 2.24) is 4.98 Å². The number of hydrogen-bond acceptors (Lipinski definition) is 2. The summed E-state index contributed by atoms with van der Waals surface area (Å²) in [5.41, 5.74) is 3.79. The standard InChI is InChI=1S/C14H10BrNO/c1-9-2-7-13-12(16-9)8-14(17-13)10-3-5-11(15)6-4-10/h2-8H,1H3. The number of aromatic nitrogens is 1. The lowest BCUT2D eigenvalue weighted by Gasteiger charge is -1.95. The largest absolute Gasteiger partial charge is 0.454 e. The van der Waals surface area contributed by atoms with Gasteiger partial charge in [-0.3, -0.25) is 0 Å². The first-order chi connectivity index (χ1) is 8.22. The van der Waals surface area contributed by atoms with Gasteiger partial charge in [0.2, 0.25) is 0 Å². The molecule has 2 heterocycles. The number of nitrogens with zero attached hydrogens (tertiary/aromatic N) is 1. The zero-order chi connectivity index (χ0) is 11.8. The van der Waals surface area contributed by atoms with Crippen LogP contribution in [0, 0.1) is 6.92 Å². The van der Waals surface area contributed by atoms with E-state index in [-0.39, 0.29) is 0 Å². The van der Waals surface area contributed by atoms with Crippen LogP contribution in [-0.2, 0) is 0 Å². The third kappa shape index (κ3) is 1.98. The molecule has 0 spiro atoms. The maximum atomic E-state index is 5.77. The number of pyridine rings is 1. The Morgan fingerprint density at radius 1 is 1.06 bits per heavy atom. The van der Waals surface area contributed by atoms with Crippen LogP contribution in [0.1, 0.15) is 5.69 Å². The van der Waals surface area contributed by atoms with Crippen LogP contribution in [0.3, 0.4) is 0 Å². The van der Waals surface area contributed by atoms with Crippen molar-refractivity contribution in [2.24, 2.45) is 0 Å². The van der Waals surface area contributed by atoms with Gasteiger partial charge in [-0.25, -0.2) is 4.98 Å². The monoisotopic (exact) mass is 287 g/mol. The van der Waals surface area contributed by atoms with Gasteiger partial charge in [0.25, 0.3) is 0 Å². The van der Waals surface area contributed by atoms with Gasteiger partial charge >= 0.3 is 0 Å². The van der Waals surface area contributed by atoms with E-state index in [0.717, 1.165) is 32.6 Å². The summed E-state index contributed by atoms with van der Waals surface area (Å²) in [6, 6.07) is 13.9. The molecular weight excluding hydrogens is 278 g/mol. The minimum absolute atomic E-state index is 0.827. The number of halogens is 1. The molecule has 0 saturated heterocycles. The van der Waals surface area contributed by atoms with E-state index < -0.39 is 0 Å². The van der Waals surface area contributed by atoms with Crippen LogP contribution < -0.4 is 0 Å². The van der Waals surface area contributed by atoms with Gasteiger partial charge < -0.3 is 4.42 Å². The zero-order valence-electron chi connectivity index (χ0n) is 9.27. The highest BCUT2D eigenvalue weighted by atomic mass is 79.9. The maximum absolute atomic E-state index is 5.77. The second-order valence-electron chi connectivity index (χ2n) is 3.95. The lowest BCUT2D eigenvalue weighted by molar-refractivity contribution is 0.631. The van der Waals surface area contributed by atoms with Crippen LogP contribution in [0.2, 0.25) is 0 Å². The van der Waals surface area contributed by atoms with Gasteiger partial charge in [-0.05, 0) is 31.2 Å². The average molecular weight is 288 g/mol. The second kappa shape index (κ2) is 4.00. The summed E-state index contributed by atoms with van der Waals surface area (Å²) in [6.45, 7) is 1.98. The highest BCUT2D eigenvalue weighted by Gasteiger charge is 2.06. The van der Waals surface area contributed by atoms with E-state index in [9.17, 15) is 0 Å². The van der Waals surface area contributed by atoms with Gasteiger partial charge in [-0.15, -0.1) is 0 Å². The van der Waals surface area contributed by atoms with Crippen molar-refractivity contribution < 1.29 is 4.42 Å². The molecule has 2 aromatic heterocycles. The van der Waals surface area contributed by atoms with Gasteiger partial charge in [-0.1, -0.05) is 28.1 Å². The Labute approximate surface area is 107 Å². The molecule has 0 bridgehead atoms. The zero-order valence-corrected chi connectivity index (χ0v) is 10.9. The Morgan fingerprint density at radius 2 is 1.82 bits per heavy atom. The third-order valence-corrected chi connectivity index (χ3v) is 3.17. The minimum Gasteiger partial charge on any atom is -0.454 e. The van der Waals surface area contributed by atoms with Crippen LogP contribution in [0.4, 0.5) is 0 Å². The number of furan rings is 1. The van der Waals surface area contributed by atoms with Crippen molar-refractivity contribution >= 4 is 27.0 Å². The van der Waals surface area contributed by atoms with Crippen LogP contribution >= 0.6 is 15.9 Å². The van der Waals surface area contributed by atoms with Gasteiger partial charge in [0.15, 0.2) is 5.58 Å². The van der Waals surface area contributed by atoms with Crippen LogP contribution in [0.25, 0.3) is 22.4 Å². The van der Waals surface area contributed by atoms with E-state index in [1.54, 1.807) is 0 Å². The Bertz CT molecular complexity index is 670. The van der Waals surface area contributed by atoms with Crippen molar-refractivity contribution in [3.63, 3.8) is 0 Å². The SMILES string of the molecule is Cc1ccc2oc(-c3ccc(Br)cc3)cc2n1. The van der Waals surface area contributed by atoms with Crippen LogP contribution in [0.15, 0.2) is 51.4 Å². The van der Waals surface area contributed by atoms with Crippen molar-refractivity contribution in [1.29, 1.82) is 0 Å². The molecule has 3 heteroatoms. The van der Waals surface area contributed by atoms with Crippen molar-refractivity contribution in [3.8, 4) is 11.3 Å². The molecule has 3 aromatic rings. The summed E-state index contributed by atoms with van der Waals surface area (Å²) in [4.78, 5) is 4.44. The first kappa shape index (κ1) is 10.5. The summed E-state index contributed by atoms with van der Waals surface area (Å²) < 4.78 is 6.83. The van der Waals surface area contributed by atoms with Gasteiger partial charge in [-0.2, -0.15) is 0 Å². The molecule has 0 atom stereocenters. The molecule has 0 saturated carbocycles. The van der Waals surface area contributed by atoms with E-state index in [1.165, 1.54) is 0 Å². The molecule has 0 aliphatic rings. The molecule has 0 fully saturated rings. The Balaban J connectivity index is 2.14. The highest BCUT2D eigenvalue weighted by Crippen LogP contribution is 2.27. The van der Waals surface area contributed by atoms with E-state index in [1.807, 2.05) is 49.4 Å². The topological polar surface area (TPSA) is 26.0 Å². The molecule has 0 radical (unpaired) electrons. The normalized spacial score (nSPS) is 10.9. The number of benzene rings is 1. The Kier molecular flexibility index (Phi) is 2.48. The molecule has 0 aliphatic heterocycles. The molecular formula is C14H10BrNO. The Hall–Kier alpha value is -1.61. The molecule has 0 N–H and O–H groups in total. The summed E-state index contributed by atoms with van der Waals surface area (Å²) in [7, 11) is 0. The van der Waals surface area contributed by atoms with Crippen LogP contribution in [0.5, 0.6) is 0 Å². The number of fused-ring (bicyclic) bond motifs is 1. The summed E-state index contributed by atoms with van der Waals surface area (Å²) in [5.74, 6) is 0.852. The van der Waals surface area contributed by atoms with Crippen LogP contribution in [-0.4, -0.2) is 4.98 Å². The Morgan fingerprint density at radius 3 is 2.59 bits per heavy atom. The van der Waals surface area contributed by atoms with Gasteiger partial charge in [0.05, 0.1) is 0 Å². The lowest BCUT2D eigenvalue weighted by atomic mass is 10.2. The predicted molar refractivity (Wildman–Crippen MR) is 71.9 cm³/mol. The minimum atomic E-state index is 0.827. The molecule has 17 heavy (non-hydrogen) atoms. The van der Waals surface area contributed by atoms with Gasteiger partial charge in [0, 0.05) is 21.8 Å². The molecule has 3 rings (SSSR count). The second-order valence-corrected chi connectivity index (χ2v) is 4.87. The molecule has 84 valence electrons. The van der Waals surface area contributed by atoms with E-state index >= 15 is 0 Å². The average Bonchev–Trinajstić information content (AvgIpc) is 2.72. The summed E-state index contributed by atoms with van der Waals surface area (Å²) in [6.07, 6.45) is 0. The molecule has 2 nitrogen and oxygen atoms in total. The van der Waals surface area contributed by atoms with Gasteiger partial charge in [0.1, 0.15) is 11.3 Å². The summed E-state index contributed by atoms with van der Waals surface area (Å²) in [5, 5.41) is 0. The smallest absolute Gasteiger partial charge is 0.153 e. The maximum Gasteiger partial charge on any atom is 0.153 e. The third-order valence-electron chi connectivity index (χ3n) is 2.64. The van der Waals surface area contributed by atoms with Crippen molar-refractivity contribution in [2.45, 2.75) is 6.92 Å². The number of rotatable bonds is 1. The van der Waals surface area contributed by atoms with Crippen molar-refractivity contribution in [2.75, 3.05) is 0 Å². The number of aryl methyl sites for hydroxylation is 1. The number of hydrogen-bond donors (Lipinski definition) is 0. The van der Waals surface area contributed by atoms with E-state index in [0.29, 0.717) is 0 Å². The quantitative estimate of drug-likeness (QED) is 0.655. The fraction of sp³-hybridized carbons (Fsp3) is 0.0714. The van der Waals surface area contributed by atoms with E-state index in [2.05, 4.69) is 20.9 Å². The fourth-order valence-electron chi connectivity index (χ4n) is 1.78.